The summed E-state index contributed by atoms with van der Waals surface area (Å²) in [6.45, 7) is 2.06. The number of nitrogens with one attached hydrogen (secondary N) is 1. The first kappa shape index (κ1) is 11.9. The Morgan fingerprint density at radius 2 is 1.89 bits per heavy atom. The number of carbonyl (C=O) groups excluding carboxylic acids is 1. The molecule has 96 valence electrons. The first-order valence-corrected chi connectivity index (χ1v) is 6.56. The number of rotatable bonds is 3. The first-order valence-electron chi connectivity index (χ1n) is 6.56. The quantitative estimate of drug-likeness (QED) is 0.912. The highest BCUT2D eigenvalue weighted by atomic mass is 16.1. The third kappa shape index (κ3) is 2.81. The Balaban J connectivity index is 1.77. The van der Waals surface area contributed by atoms with Crippen molar-refractivity contribution in [1.82, 2.24) is 10.3 Å². The second kappa shape index (κ2) is 4.84. The molecule has 1 aromatic heterocycles. The highest BCUT2D eigenvalue weighted by Crippen LogP contribution is 2.20. The molecule has 1 N–H and O–H groups in total. The van der Waals surface area contributed by atoms with Gasteiger partial charge in [0.2, 0.25) is 0 Å². The van der Waals surface area contributed by atoms with Gasteiger partial charge in [-0.2, -0.15) is 0 Å². The summed E-state index contributed by atoms with van der Waals surface area (Å²) in [5, 5.41) is 2.96. The van der Waals surface area contributed by atoms with Crippen molar-refractivity contribution < 1.29 is 4.79 Å². The van der Waals surface area contributed by atoms with Crippen molar-refractivity contribution in [1.29, 1.82) is 0 Å². The molecule has 0 aliphatic heterocycles. The molecule has 0 unspecified atom stereocenters. The lowest BCUT2D eigenvalue weighted by Crippen LogP contribution is -2.25. The molecule has 1 saturated carbocycles. The lowest BCUT2D eigenvalue weighted by atomic mass is 10.1. The zero-order valence-electron chi connectivity index (χ0n) is 10.9. The highest BCUT2D eigenvalue weighted by molar-refractivity contribution is 5.94. The van der Waals surface area contributed by atoms with Crippen molar-refractivity contribution in [2.24, 2.45) is 0 Å². The van der Waals surface area contributed by atoms with Crippen molar-refractivity contribution in [3.05, 3.63) is 53.7 Å². The summed E-state index contributed by atoms with van der Waals surface area (Å²) in [5.41, 5.74) is 3.81. The summed E-state index contributed by atoms with van der Waals surface area (Å²) in [5.74, 6) is -0.0227. The van der Waals surface area contributed by atoms with E-state index in [4.69, 9.17) is 0 Å². The molecule has 0 radical (unpaired) electrons. The molecule has 1 aromatic carbocycles. The summed E-state index contributed by atoms with van der Waals surface area (Å²) >= 11 is 0. The van der Waals surface area contributed by atoms with E-state index in [1.807, 2.05) is 24.3 Å². The van der Waals surface area contributed by atoms with Crippen LogP contribution in [0.15, 0.2) is 42.6 Å². The topological polar surface area (TPSA) is 42.0 Å². The standard InChI is InChI=1S/C16H16N2O/c1-11-2-4-12(5-3-11)15-9-6-13(10-17-15)16(19)18-14-7-8-14/h2-6,9-10,14H,7-8H2,1H3,(H,18,19). The molecule has 3 nitrogen and oxygen atoms in total. The molecule has 3 heteroatoms. The lowest BCUT2D eigenvalue weighted by Gasteiger charge is -2.05. The third-order valence-corrected chi connectivity index (χ3v) is 3.29. The Labute approximate surface area is 112 Å². The minimum absolute atomic E-state index is 0.0227. The van der Waals surface area contributed by atoms with Crippen LogP contribution in [-0.2, 0) is 0 Å². The summed E-state index contributed by atoms with van der Waals surface area (Å²) in [6.07, 6.45) is 3.84. The number of amides is 1. The van der Waals surface area contributed by atoms with Crippen LogP contribution in [0.25, 0.3) is 11.3 Å². The van der Waals surface area contributed by atoms with Gasteiger partial charge in [-0.25, -0.2) is 0 Å². The highest BCUT2D eigenvalue weighted by Gasteiger charge is 2.23. The molecule has 1 heterocycles. The Morgan fingerprint density at radius 1 is 1.16 bits per heavy atom. The van der Waals surface area contributed by atoms with E-state index < -0.39 is 0 Å². The number of carbonyl (C=O) groups is 1. The molecule has 0 atom stereocenters. The molecule has 1 aliphatic carbocycles. The number of hydrogen-bond donors (Lipinski definition) is 1. The second-order valence-corrected chi connectivity index (χ2v) is 5.05. The summed E-state index contributed by atoms with van der Waals surface area (Å²) in [7, 11) is 0. The third-order valence-electron chi connectivity index (χ3n) is 3.29. The van der Waals surface area contributed by atoms with Crippen molar-refractivity contribution >= 4 is 5.91 Å². The summed E-state index contributed by atoms with van der Waals surface area (Å²) < 4.78 is 0. The normalized spacial score (nSPS) is 14.2. The van der Waals surface area contributed by atoms with Gasteiger partial charge in [0.15, 0.2) is 0 Å². The van der Waals surface area contributed by atoms with E-state index in [1.54, 1.807) is 6.20 Å². The number of hydrogen-bond acceptors (Lipinski definition) is 2. The van der Waals surface area contributed by atoms with Gasteiger partial charge in [-0.3, -0.25) is 9.78 Å². The van der Waals surface area contributed by atoms with Gasteiger partial charge in [0.25, 0.3) is 5.91 Å². The maximum Gasteiger partial charge on any atom is 0.253 e. The predicted molar refractivity (Wildman–Crippen MR) is 74.9 cm³/mol. The number of aromatic nitrogens is 1. The minimum atomic E-state index is -0.0227. The van der Waals surface area contributed by atoms with E-state index in [9.17, 15) is 4.79 Å². The molecule has 1 aliphatic rings. The molecule has 19 heavy (non-hydrogen) atoms. The van der Waals surface area contributed by atoms with E-state index in [-0.39, 0.29) is 5.91 Å². The van der Waals surface area contributed by atoms with Crippen LogP contribution in [0.5, 0.6) is 0 Å². The molecule has 0 saturated heterocycles. The molecule has 0 bridgehead atoms. The smallest absolute Gasteiger partial charge is 0.253 e. The van der Waals surface area contributed by atoms with Crippen LogP contribution >= 0.6 is 0 Å². The Hall–Kier alpha value is -2.16. The van der Waals surface area contributed by atoms with Crippen LogP contribution in [0, 0.1) is 6.92 Å². The van der Waals surface area contributed by atoms with Crippen LogP contribution in [0.3, 0.4) is 0 Å². The van der Waals surface area contributed by atoms with Gasteiger partial charge >= 0.3 is 0 Å². The predicted octanol–water partition coefficient (Wildman–Crippen LogP) is 2.95. The van der Waals surface area contributed by atoms with Gasteiger partial charge in [0.1, 0.15) is 0 Å². The number of nitrogens with zero attached hydrogens (tertiary/aromatic N) is 1. The average molecular weight is 252 g/mol. The van der Waals surface area contributed by atoms with Crippen LogP contribution in [0.4, 0.5) is 0 Å². The maximum atomic E-state index is 11.8. The van der Waals surface area contributed by atoms with Crippen molar-refractivity contribution in [2.75, 3.05) is 0 Å². The molecule has 0 spiro atoms. The second-order valence-electron chi connectivity index (χ2n) is 5.05. The molecule has 1 fully saturated rings. The first-order chi connectivity index (χ1) is 9.22. The Kier molecular flexibility index (Phi) is 3.03. The average Bonchev–Trinajstić information content (AvgIpc) is 3.24. The van der Waals surface area contributed by atoms with Gasteiger partial charge in [0, 0.05) is 17.8 Å². The van der Waals surface area contributed by atoms with Gasteiger partial charge in [0.05, 0.1) is 11.3 Å². The van der Waals surface area contributed by atoms with E-state index in [0.29, 0.717) is 11.6 Å². The zero-order chi connectivity index (χ0) is 13.2. The number of aryl methyl sites for hydroxylation is 1. The fourth-order valence-corrected chi connectivity index (χ4v) is 1.92. The molecule has 1 amide bonds. The van der Waals surface area contributed by atoms with Crippen LogP contribution in [0.2, 0.25) is 0 Å². The van der Waals surface area contributed by atoms with Gasteiger partial charge in [-0.1, -0.05) is 29.8 Å². The van der Waals surface area contributed by atoms with E-state index in [1.165, 1.54) is 5.56 Å². The van der Waals surface area contributed by atoms with Gasteiger partial charge in [-0.15, -0.1) is 0 Å². The molecule has 3 rings (SSSR count). The minimum Gasteiger partial charge on any atom is -0.349 e. The van der Waals surface area contributed by atoms with E-state index >= 15 is 0 Å². The largest absolute Gasteiger partial charge is 0.349 e. The van der Waals surface area contributed by atoms with E-state index in [2.05, 4.69) is 29.4 Å². The van der Waals surface area contributed by atoms with Crippen LogP contribution in [0.1, 0.15) is 28.8 Å². The number of benzene rings is 1. The fourth-order valence-electron chi connectivity index (χ4n) is 1.92. The SMILES string of the molecule is Cc1ccc(-c2ccc(C(=O)NC3CC3)cn2)cc1. The number of pyridine rings is 1. The van der Waals surface area contributed by atoms with Crippen molar-refractivity contribution in [3.63, 3.8) is 0 Å². The fraction of sp³-hybridized carbons (Fsp3) is 0.250. The zero-order valence-corrected chi connectivity index (χ0v) is 10.9. The monoisotopic (exact) mass is 252 g/mol. The summed E-state index contributed by atoms with van der Waals surface area (Å²) in [4.78, 5) is 16.2. The summed E-state index contributed by atoms with van der Waals surface area (Å²) in [6, 6.07) is 12.3. The van der Waals surface area contributed by atoms with Crippen LogP contribution < -0.4 is 5.32 Å². The maximum absolute atomic E-state index is 11.8. The molecule has 2 aromatic rings. The Morgan fingerprint density at radius 3 is 2.47 bits per heavy atom. The molecular weight excluding hydrogens is 236 g/mol. The van der Waals surface area contributed by atoms with Crippen LogP contribution in [-0.4, -0.2) is 16.9 Å². The van der Waals surface area contributed by atoms with Crippen molar-refractivity contribution in [3.8, 4) is 11.3 Å². The lowest BCUT2D eigenvalue weighted by molar-refractivity contribution is 0.0951. The van der Waals surface area contributed by atoms with Gasteiger partial charge in [-0.05, 0) is 31.9 Å². The molecular formula is C16H16N2O. The Bertz CT molecular complexity index is 583. The van der Waals surface area contributed by atoms with E-state index in [0.717, 1.165) is 24.1 Å². The van der Waals surface area contributed by atoms with Gasteiger partial charge < -0.3 is 5.32 Å². The van der Waals surface area contributed by atoms with Crippen molar-refractivity contribution in [2.45, 2.75) is 25.8 Å².